The molecule has 1 aliphatic rings. The molecule has 0 bridgehead atoms. The number of ether oxygens (including phenoxy) is 2. The molecule has 1 saturated heterocycles. The Hall–Kier alpha value is -1.63. The summed E-state index contributed by atoms with van der Waals surface area (Å²) in [6, 6.07) is 6.65. The van der Waals surface area contributed by atoms with Crippen LogP contribution in [0.2, 0.25) is 0 Å². The van der Waals surface area contributed by atoms with Gasteiger partial charge in [0.05, 0.1) is 29.9 Å². The molecular formula is C20H32NO5+. The molecule has 146 valence electrons. The maximum Gasteiger partial charge on any atom is 0.337 e. The average Bonchev–Trinajstić information content (AvgIpc) is 2.55. The van der Waals surface area contributed by atoms with Gasteiger partial charge in [0.15, 0.2) is 0 Å². The van der Waals surface area contributed by atoms with E-state index in [4.69, 9.17) is 4.74 Å². The minimum atomic E-state index is -0.626. The number of hydrogen-bond donors (Lipinski definition) is 3. The van der Waals surface area contributed by atoms with Crippen LogP contribution in [0.4, 0.5) is 0 Å². The first-order chi connectivity index (χ1) is 12.0. The summed E-state index contributed by atoms with van der Waals surface area (Å²) in [5.41, 5.74) is 0.217. The maximum absolute atomic E-state index is 11.4. The van der Waals surface area contributed by atoms with Gasteiger partial charge in [-0.1, -0.05) is 0 Å². The number of likely N-dealkylation sites (tertiary alicyclic amines) is 1. The quantitative estimate of drug-likeness (QED) is 0.649. The van der Waals surface area contributed by atoms with E-state index in [-0.39, 0.29) is 23.8 Å². The summed E-state index contributed by atoms with van der Waals surface area (Å²) >= 11 is 0. The van der Waals surface area contributed by atoms with Gasteiger partial charge >= 0.3 is 5.97 Å². The number of piperidine rings is 1. The summed E-state index contributed by atoms with van der Waals surface area (Å²) in [6.07, 6.45) is 0.507. The summed E-state index contributed by atoms with van der Waals surface area (Å²) in [6.45, 7) is 9.25. The van der Waals surface area contributed by atoms with Crippen molar-refractivity contribution in [2.75, 3.05) is 20.3 Å². The number of methoxy groups -OCH3 is 1. The highest BCUT2D eigenvalue weighted by Crippen LogP contribution is 2.24. The van der Waals surface area contributed by atoms with E-state index in [1.165, 1.54) is 12.0 Å². The molecule has 0 unspecified atom stereocenters. The molecule has 1 fully saturated rings. The fraction of sp³-hybridized carbons (Fsp3) is 0.650. The Labute approximate surface area is 155 Å². The van der Waals surface area contributed by atoms with Crippen molar-refractivity contribution in [1.29, 1.82) is 0 Å². The van der Waals surface area contributed by atoms with Crippen molar-refractivity contribution in [3.8, 4) is 5.75 Å². The van der Waals surface area contributed by atoms with Crippen LogP contribution in [0.25, 0.3) is 0 Å². The molecular weight excluding hydrogens is 334 g/mol. The molecule has 0 spiro atoms. The van der Waals surface area contributed by atoms with E-state index in [0.29, 0.717) is 30.7 Å². The van der Waals surface area contributed by atoms with E-state index in [1.807, 2.05) is 0 Å². The molecule has 1 heterocycles. The molecule has 0 aromatic heterocycles. The third kappa shape index (κ3) is 4.96. The van der Waals surface area contributed by atoms with Gasteiger partial charge in [-0.25, -0.2) is 4.79 Å². The first kappa shape index (κ1) is 20.7. The van der Waals surface area contributed by atoms with E-state index < -0.39 is 12.1 Å². The van der Waals surface area contributed by atoms with Crippen LogP contribution in [0.15, 0.2) is 24.3 Å². The van der Waals surface area contributed by atoms with Gasteiger partial charge < -0.3 is 24.6 Å². The number of esters is 1. The fourth-order valence-electron chi connectivity index (χ4n) is 4.26. The van der Waals surface area contributed by atoms with Gasteiger partial charge in [0.2, 0.25) is 0 Å². The van der Waals surface area contributed by atoms with Crippen LogP contribution in [0.1, 0.15) is 50.9 Å². The zero-order chi connectivity index (χ0) is 19.5. The van der Waals surface area contributed by atoms with Gasteiger partial charge in [-0.3, -0.25) is 0 Å². The lowest BCUT2D eigenvalue weighted by Crippen LogP contribution is -3.27. The highest BCUT2D eigenvalue weighted by Gasteiger charge is 2.49. The van der Waals surface area contributed by atoms with E-state index in [9.17, 15) is 15.0 Å². The van der Waals surface area contributed by atoms with Crippen molar-refractivity contribution in [3.63, 3.8) is 0 Å². The Balaban J connectivity index is 1.93. The van der Waals surface area contributed by atoms with E-state index in [0.717, 1.165) is 0 Å². The molecule has 26 heavy (non-hydrogen) atoms. The van der Waals surface area contributed by atoms with Crippen molar-refractivity contribution in [3.05, 3.63) is 29.8 Å². The first-order valence-electron chi connectivity index (χ1n) is 9.09. The lowest BCUT2D eigenvalue weighted by molar-refractivity contribution is -1.00. The molecule has 1 atom stereocenters. The molecule has 0 amide bonds. The number of aliphatic hydroxyl groups excluding tert-OH is 2. The second-order valence-electron chi connectivity index (χ2n) is 8.49. The summed E-state index contributed by atoms with van der Waals surface area (Å²) in [4.78, 5) is 12.7. The summed E-state index contributed by atoms with van der Waals surface area (Å²) in [5, 5.41) is 20.6. The molecule has 6 heteroatoms. The van der Waals surface area contributed by atoms with Crippen LogP contribution >= 0.6 is 0 Å². The predicted molar refractivity (Wildman–Crippen MR) is 98.5 cm³/mol. The topological polar surface area (TPSA) is 80.4 Å². The highest BCUT2D eigenvalue weighted by molar-refractivity contribution is 5.89. The van der Waals surface area contributed by atoms with Crippen LogP contribution in [0.3, 0.4) is 0 Å². The predicted octanol–water partition coefficient (Wildman–Crippen LogP) is 0.810. The van der Waals surface area contributed by atoms with Gasteiger partial charge in [0, 0.05) is 12.8 Å². The second-order valence-corrected chi connectivity index (χ2v) is 8.49. The largest absolute Gasteiger partial charge is 0.491 e. The number of hydrogen-bond acceptors (Lipinski definition) is 5. The van der Waals surface area contributed by atoms with Crippen molar-refractivity contribution in [1.82, 2.24) is 0 Å². The van der Waals surface area contributed by atoms with Gasteiger partial charge in [-0.15, -0.1) is 0 Å². The Bertz CT molecular complexity index is 593. The van der Waals surface area contributed by atoms with Crippen molar-refractivity contribution in [2.45, 2.75) is 63.8 Å². The van der Waals surface area contributed by atoms with Gasteiger partial charge in [0.1, 0.15) is 25.0 Å². The minimum absolute atomic E-state index is 0.121. The van der Waals surface area contributed by atoms with Crippen LogP contribution in [0.5, 0.6) is 5.75 Å². The first-order valence-corrected chi connectivity index (χ1v) is 9.09. The maximum atomic E-state index is 11.4. The molecule has 6 nitrogen and oxygen atoms in total. The second kappa shape index (κ2) is 7.94. The van der Waals surface area contributed by atoms with Gasteiger partial charge in [0.25, 0.3) is 0 Å². The highest BCUT2D eigenvalue weighted by atomic mass is 16.5. The average molecular weight is 366 g/mol. The SMILES string of the molecule is COC(=O)c1ccc(OC[C@H](O)C[NH+]2C(C)(C)CC(O)CC2(C)C)cc1. The summed E-state index contributed by atoms with van der Waals surface area (Å²) in [5.74, 6) is 0.205. The number of benzene rings is 1. The standard InChI is InChI=1S/C20H31NO5/c1-19(2)10-15(22)11-20(3,4)21(19)12-16(23)13-26-17-8-6-14(7-9-17)18(24)25-5/h6-9,15-16,22-23H,10-13H2,1-5H3/p+1/t16-/m1/s1. The fourth-order valence-corrected chi connectivity index (χ4v) is 4.26. The summed E-state index contributed by atoms with van der Waals surface area (Å²) in [7, 11) is 1.34. The van der Waals surface area contributed by atoms with Crippen molar-refractivity contribution >= 4 is 5.97 Å². The number of carbonyl (C=O) groups excluding carboxylic acids is 1. The molecule has 0 aliphatic carbocycles. The molecule has 3 N–H and O–H groups in total. The Morgan fingerprint density at radius 2 is 1.73 bits per heavy atom. The molecule has 0 saturated carbocycles. The van der Waals surface area contributed by atoms with Crippen molar-refractivity contribution < 1.29 is 29.4 Å². The zero-order valence-corrected chi connectivity index (χ0v) is 16.4. The molecule has 1 aromatic carbocycles. The number of carbonyl (C=O) groups is 1. The van der Waals surface area contributed by atoms with Crippen LogP contribution < -0.4 is 9.64 Å². The third-order valence-electron chi connectivity index (χ3n) is 5.28. The Morgan fingerprint density at radius 1 is 1.19 bits per heavy atom. The van der Waals surface area contributed by atoms with E-state index in [1.54, 1.807) is 24.3 Å². The number of nitrogens with one attached hydrogen (secondary N) is 1. The lowest BCUT2D eigenvalue weighted by atomic mass is 9.78. The van der Waals surface area contributed by atoms with Gasteiger partial charge in [-0.05, 0) is 52.0 Å². The number of quaternary nitrogens is 1. The van der Waals surface area contributed by atoms with E-state index >= 15 is 0 Å². The smallest absolute Gasteiger partial charge is 0.337 e. The van der Waals surface area contributed by atoms with E-state index in [2.05, 4.69) is 32.4 Å². The lowest BCUT2D eigenvalue weighted by Gasteiger charge is -2.51. The summed E-state index contributed by atoms with van der Waals surface area (Å²) < 4.78 is 10.3. The third-order valence-corrected chi connectivity index (χ3v) is 5.28. The number of aliphatic hydroxyl groups is 2. The Kier molecular flexibility index (Phi) is 6.32. The van der Waals surface area contributed by atoms with Crippen LogP contribution in [0, 0.1) is 0 Å². The number of rotatable bonds is 6. The minimum Gasteiger partial charge on any atom is -0.491 e. The monoisotopic (exact) mass is 366 g/mol. The van der Waals surface area contributed by atoms with Crippen LogP contribution in [-0.2, 0) is 4.74 Å². The van der Waals surface area contributed by atoms with Gasteiger partial charge in [-0.2, -0.15) is 0 Å². The zero-order valence-electron chi connectivity index (χ0n) is 16.4. The Morgan fingerprint density at radius 3 is 2.23 bits per heavy atom. The molecule has 1 aromatic rings. The molecule has 0 radical (unpaired) electrons. The molecule has 2 rings (SSSR count). The normalized spacial score (nSPS) is 25.3. The van der Waals surface area contributed by atoms with Crippen LogP contribution in [-0.4, -0.2) is 59.7 Å². The van der Waals surface area contributed by atoms with Crippen molar-refractivity contribution in [2.24, 2.45) is 0 Å². The molecule has 1 aliphatic heterocycles.